The molecule has 0 amide bonds. The molecule has 1 aliphatic carbocycles. The molecule has 1 aliphatic rings. The van der Waals surface area contributed by atoms with Crippen molar-refractivity contribution >= 4 is 38.3 Å². The minimum Gasteiger partial charge on any atom is -0.381 e. The number of benzene rings is 2. The van der Waals surface area contributed by atoms with Crippen LogP contribution in [0.5, 0.6) is 0 Å². The number of hydrogen-bond donors (Lipinski definition) is 2. The second kappa shape index (κ2) is 8.38. The molecule has 0 spiro atoms. The third-order valence-electron chi connectivity index (χ3n) is 5.85. The highest BCUT2D eigenvalue weighted by Gasteiger charge is 2.45. The third-order valence-corrected chi connectivity index (χ3v) is 6.50. The Hall–Kier alpha value is -2.49. The lowest BCUT2D eigenvalue weighted by Gasteiger charge is -2.36. The fraction of sp³-hybridized carbons (Fsp3) is 0.391. The average Bonchev–Trinajstić information content (AvgIpc) is 2.67. The van der Waals surface area contributed by atoms with Gasteiger partial charge in [0.1, 0.15) is 11.6 Å². The highest BCUT2D eigenvalue weighted by molar-refractivity contribution is 9.10. The number of nitrogens with zero attached hydrogens (tertiary/aromatic N) is 2. The van der Waals surface area contributed by atoms with E-state index in [4.69, 9.17) is 0 Å². The van der Waals surface area contributed by atoms with E-state index < -0.39 is 23.7 Å². The van der Waals surface area contributed by atoms with Gasteiger partial charge in [-0.15, -0.1) is 0 Å². The molecule has 0 bridgehead atoms. The molecule has 0 radical (unpaired) electrons. The zero-order valence-corrected chi connectivity index (χ0v) is 19.7. The van der Waals surface area contributed by atoms with E-state index in [1.807, 2.05) is 0 Å². The monoisotopic (exact) mass is 528 g/mol. The van der Waals surface area contributed by atoms with E-state index in [0.717, 1.165) is 6.07 Å². The van der Waals surface area contributed by atoms with Crippen LogP contribution >= 0.6 is 15.9 Å². The van der Waals surface area contributed by atoms with Gasteiger partial charge in [-0.05, 0) is 66.0 Å². The second-order valence-corrected chi connectivity index (χ2v) is 9.31. The number of anilines is 2. The molecule has 0 aliphatic heterocycles. The molecule has 10 heteroatoms. The highest BCUT2D eigenvalue weighted by Crippen LogP contribution is 2.41. The Balaban J connectivity index is 1.65. The first-order valence-corrected chi connectivity index (χ1v) is 11.2. The smallest absolute Gasteiger partial charge is 0.381 e. The summed E-state index contributed by atoms with van der Waals surface area (Å²) in [4.78, 5) is 8.91. The van der Waals surface area contributed by atoms with Crippen LogP contribution in [-0.2, 0) is 6.18 Å². The Morgan fingerprint density at radius 3 is 2.45 bits per heavy atom. The van der Waals surface area contributed by atoms with E-state index >= 15 is 0 Å². The molecule has 1 aromatic heterocycles. The Morgan fingerprint density at radius 2 is 1.82 bits per heavy atom. The van der Waals surface area contributed by atoms with Gasteiger partial charge in [0, 0.05) is 28.7 Å². The van der Waals surface area contributed by atoms with Crippen LogP contribution in [0.2, 0.25) is 0 Å². The maximum atomic E-state index is 13.3. The molecule has 0 saturated heterocycles. The number of hydrogen-bond acceptors (Lipinski definition) is 4. The van der Waals surface area contributed by atoms with Gasteiger partial charge >= 0.3 is 6.18 Å². The zero-order chi connectivity index (χ0) is 24.1. The fourth-order valence-corrected chi connectivity index (χ4v) is 4.64. The van der Waals surface area contributed by atoms with Crippen LogP contribution in [-0.4, -0.2) is 21.9 Å². The van der Waals surface area contributed by atoms with Gasteiger partial charge in [0.05, 0.1) is 22.8 Å². The zero-order valence-electron chi connectivity index (χ0n) is 18.1. The number of halogens is 6. The average molecular weight is 529 g/mol. The van der Waals surface area contributed by atoms with Crippen LogP contribution in [0.1, 0.15) is 48.3 Å². The molecular weight excluding hydrogens is 507 g/mol. The molecule has 3 aromatic rings. The number of nitrogens with one attached hydrogen (secondary N) is 2. The van der Waals surface area contributed by atoms with Crippen LogP contribution in [0.25, 0.3) is 10.9 Å². The minimum atomic E-state index is -4.43. The van der Waals surface area contributed by atoms with Crippen LogP contribution in [0.3, 0.4) is 0 Å². The number of fused-ring (bicyclic) bond motifs is 1. The van der Waals surface area contributed by atoms with Gasteiger partial charge in [-0.1, -0.05) is 12.1 Å². The van der Waals surface area contributed by atoms with Crippen molar-refractivity contribution in [2.24, 2.45) is 0 Å². The van der Waals surface area contributed by atoms with Gasteiger partial charge in [-0.2, -0.15) is 13.2 Å². The van der Waals surface area contributed by atoms with Crippen LogP contribution < -0.4 is 10.6 Å². The first-order valence-electron chi connectivity index (χ1n) is 10.4. The highest BCUT2D eigenvalue weighted by atomic mass is 79.9. The van der Waals surface area contributed by atoms with E-state index in [2.05, 4.69) is 36.5 Å². The van der Waals surface area contributed by atoms with Gasteiger partial charge in [-0.25, -0.2) is 18.7 Å². The molecule has 4 nitrogen and oxygen atoms in total. The Kier molecular flexibility index (Phi) is 6.01. The molecule has 33 heavy (non-hydrogen) atoms. The normalized spacial score (nSPS) is 17.0. The summed E-state index contributed by atoms with van der Waals surface area (Å²) in [6.45, 7) is 4.94. The molecular formula is C23H22BrF5N4. The summed E-state index contributed by atoms with van der Waals surface area (Å²) in [7, 11) is 0. The molecule has 176 valence electrons. The molecule has 1 heterocycles. The van der Waals surface area contributed by atoms with Gasteiger partial charge in [-0.3, -0.25) is 0 Å². The maximum absolute atomic E-state index is 13.3. The van der Waals surface area contributed by atoms with Crippen LogP contribution in [0, 0.1) is 13.8 Å². The summed E-state index contributed by atoms with van der Waals surface area (Å²) >= 11 is 3.48. The maximum Gasteiger partial charge on any atom is 0.416 e. The number of aryl methyl sites for hydroxylation is 1. The largest absolute Gasteiger partial charge is 0.416 e. The SMILES string of the molecule is Cc1nc(N[C@H](C)c2cccc(C(F)(F)F)c2C)c2cc(Br)c(NC3CC(F)(F)C3)cc2n1. The van der Waals surface area contributed by atoms with Crippen molar-refractivity contribution in [3.63, 3.8) is 0 Å². The van der Waals surface area contributed by atoms with Gasteiger partial charge in [0.15, 0.2) is 0 Å². The summed E-state index contributed by atoms with van der Waals surface area (Å²) in [6.07, 6.45) is -4.88. The predicted octanol–water partition coefficient (Wildman–Crippen LogP) is 7.41. The van der Waals surface area contributed by atoms with Crippen molar-refractivity contribution in [3.05, 3.63) is 57.3 Å². The van der Waals surface area contributed by atoms with Crippen molar-refractivity contribution in [2.75, 3.05) is 10.6 Å². The summed E-state index contributed by atoms with van der Waals surface area (Å²) in [6, 6.07) is 6.88. The lowest BCUT2D eigenvalue weighted by molar-refractivity contribution is -0.138. The van der Waals surface area contributed by atoms with Crippen molar-refractivity contribution < 1.29 is 22.0 Å². The lowest BCUT2D eigenvalue weighted by Crippen LogP contribution is -2.44. The lowest BCUT2D eigenvalue weighted by atomic mass is 9.88. The number of rotatable bonds is 5. The second-order valence-electron chi connectivity index (χ2n) is 8.46. The van der Waals surface area contributed by atoms with E-state index in [9.17, 15) is 22.0 Å². The minimum absolute atomic E-state index is 0.157. The fourth-order valence-electron chi connectivity index (χ4n) is 4.18. The molecule has 4 rings (SSSR count). The van der Waals surface area contributed by atoms with E-state index in [-0.39, 0.29) is 24.4 Å². The van der Waals surface area contributed by atoms with Crippen molar-refractivity contribution in [1.82, 2.24) is 9.97 Å². The number of aromatic nitrogens is 2. The molecule has 2 N–H and O–H groups in total. The van der Waals surface area contributed by atoms with Crippen molar-refractivity contribution in [2.45, 2.75) is 57.8 Å². The molecule has 1 atom stereocenters. The third kappa shape index (κ3) is 4.90. The van der Waals surface area contributed by atoms with Crippen molar-refractivity contribution in [1.29, 1.82) is 0 Å². The van der Waals surface area contributed by atoms with Crippen molar-refractivity contribution in [3.8, 4) is 0 Å². The molecule has 2 aromatic carbocycles. The summed E-state index contributed by atoms with van der Waals surface area (Å²) in [5, 5.41) is 7.00. The standard InChI is InChI=1S/C23H22BrF5N4/c1-11-15(5-4-6-17(11)23(27,28)29)12(2)30-21-16-7-18(24)20(8-19(16)31-13(3)32-21)33-14-9-22(25,26)10-14/h4-8,12,14,33H,9-10H2,1-3H3,(H,30,31,32)/t12-/m1/s1. The Bertz CT molecular complexity index is 1200. The van der Waals surface area contributed by atoms with E-state index in [1.165, 1.54) is 13.0 Å². The van der Waals surface area contributed by atoms with E-state index in [1.54, 1.807) is 32.0 Å². The predicted molar refractivity (Wildman–Crippen MR) is 122 cm³/mol. The van der Waals surface area contributed by atoms with Gasteiger partial charge < -0.3 is 10.6 Å². The van der Waals surface area contributed by atoms with Gasteiger partial charge in [0.2, 0.25) is 0 Å². The summed E-state index contributed by atoms with van der Waals surface area (Å²) in [5.41, 5.74) is 1.24. The quantitative estimate of drug-likeness (QED) is 0.338. The van der Waals surface area contributed by atoms with Gasteiger partial charge in [0.25, 0.3) is 5.92 Å². The topological polar surface area (TPSA) is 49.8 Å². The summed E-state index contributed by atoms with van der Waals surface area (Å²) in [5.74, 6) is -1.68. The number of alkyl halides is 5. The van der Waals surface area contributed by atoms with E-state index in [0.29, 0.717) is 38.3 Å². The Morgan fingerprint density at radius 1 is 1.12 bits per heavy atom. The molecule has 1 fully saturated rings. The first kappa shape index (κ1) is 23.7. The molecule has 1 saturated carbocycles. The van der Waals surface area contributed by atoms with Crippen LogP contribution in [0.15, 0.2) is 34.8 Å². The Labute approximate surface area is 196 Å². The molecule has 0 unspecified atom stereocenters. The van der Waals surface area contributed by atoms with Crippen LogP contribution in [0.4, 0.5) is 33.5 Å². The summed E-state index contributed by atoms with van der Waals surface area (Å²) < 4.78 is 67.0. The first-order chi connectivity index (χ1) is 15.3.